The van der Waals surface area contributed by atoms with Gasteiger partial charge in [-0.2, -0.15) is 0 Å². The largest absolute Gasteiger partial charge is 0.378 e. The molecule has 1 fully saturated rings. The number of hydrogen-bond acceptors (Lipinski definition) is 6. The summed E-state index contributed by atoms with van der Waals surface area (Å²) < 4.78 is 32.9. The highest BCUT2D eigenvalue weighted by molar-refractivity contribution is 7.89. The number of anilines is 1. The number of hydrogen-bond donors (Lipinski definition) is 1. The fourth-order valence-corrected chi connectivity index (χ4v) is 4.03. The third-order valence-corrected chi connectivity index (χ3v) is 5.66. The Morgan fingerprint density at radius 3 is 2.80 bits per heavy atom. The van der Waals surface area contributed by atoms with Crippen molar-refractivity contribution in [3.05, 3.63) is 46.9 Å². The van der Waals surface area contributed by atoms with Gasteiger partial charge in [-0.25, -0.2) is 23.1 Å². The average Bonchev–Trinajstić information content (AvgIpc) is 2.63. The van der Waals surface area contributed by atoms with Crippen molar-refractivity contribution in [1.29, 1.82) is 0 Å². The van der Waals surface area contributed by atoms with E-state index >= 15 is 0 Å². The van der Waals surface area contributed by atoms with Gasteiger partial charge < -0.3 is 9.64 Å². The highest BCUT2D eigenvalue weighted by atomic mass is 35.5. The van der Waals surface area contributed by atoms with Crippen LogP contribution in [0.1, 0.15) is 11.4 Å². The summed E-state index contributed by atoms with van der Waals surface area (Å²) in [6.07, 6.45) is 1.63. The second-order valence-corrected chi connectivity index (χ2v) is 7.84. The lowest BCUT2D eigenvalue weighted by atomic mass is 10.2. The Labute approximate surface area is 152 Å². The molecule has 134 valence electrons. The van der Waals surface area contributed by atoms with E-state index in [1.165, 1.54) is 6.07 Å². The summed E-state index contributed by atoms with van der Waals surface area (Å²) in [5, 5.41) is 0.372. The van der Waals surface area contributed by atoms with Crippen molar-refractivity contribution in [2.75, 3.05) is 31.2 Å². The van der Waals surface area contributed by atoms with Crippen LogP contribution in [-0.4, -0.2) is 44.7 Å². The van der Waals surface area contributed by atoms with E-state index in [1.807, 2.05) is 6.07 Å². The number of nitrogens with zero attached hydrogens (tertiary/aromatic N) is 3. The molecule has 0 aliphatic carbocycles. The van der Waals surface area contributed by atoms with Crippen LogP contribution in [0.15, 0.2) is 35.4 Å². The van der Waals surface area contributed by atoms with Crippen LogP contribution >= 0.6 is 11.6 Å². The Kier molecular flexibility index (Phi) is 5.53. The summed E-state index contributed by atoms with van der Waals surface area (Å²) in [6, 6.07) is 6.58. The van der Waals surface area contributed by atoms with Crippen molar-refractivity contribution in [2.45, 2.75) is 18.4 Å². The molecule has 1 aromatic carbocycles. The topological polar surface area (TPSA) is 84.4 Å². The quantitative estimate of drug-likeness (QED) is 0.848. The van der Waals surface area contributed by atoms with Crippen LogP contribution in [0.25, 0.3) is 0 Å². The lowest BCUT2D eigenvalue weighted by molar-refractivity contribution is 0.122. The molecule has 0 radical (unpaired) electrons. The molecular formula is C16H19ClN4O3S. The molecular weight excluding hydrogens is 364 g/mol. The van der Waals surface area contributed by atoms with Gasteiger partial charge in [-0.15, -0.1) is 0 Å². The number of nitrogens with one attached hydrogen (secondary N) is 1. The van der Waals surface area contributed by atoms with Crippen molar-refractivity contribution in [3.8, 4) is 0 Å². The number of sulfonamides is 1. The first kappa shape index (κ1) is 18.1. The van der Waals surface area contributed by atoms with Crippen LogP contribution in [-0.2, 0) is 21.3 Å². The fourth-order valence-electron chi connectivity index (χ4n) is 2.54. The minimum absolute atomic E-state index is 0.00642. The molecule has 1 aliphatic rings. The number of rotatable bonds is 5. The monoisotopic (exact) mass is 382 g/mol. The number of halogens is 1. The first-order valence-electron chi connectivity index (χ1n) is 7.86. The number of ether oxygens (including phenoxy) is 1. The van der Waals surface area contributed by atoms with Gasteiger partial charge in [0.15, 0.2) is 0 Å². The number of morpholine rings is 1. The molecule has 3 rings (SSSR count). The van der Waals surface area contributed by atoms with Crippen LogP contribution < -0.4 is 9.62 Å². The molecule has 2 aromatic rings. The number of aromatic nitrogens is 2. The van der Waals surface area contributed by atoms with E-state index in [-0.39, 0.29) is 11.4 Å². The van der Waals surface area contributed by atoms with Crippen molar-refractivity contribution in [3.63, 3.8) is 0 Å². The second kappa shape index (κ2) is 7.65. The Bertz CT molecular complexity index is 854. The second-order valence-electron chi connectivity index (χ2n) is 5.66. The summed E-state index contributed by atoms with van der Waals surface area (Å²) in [4.78, 5) is 10.8. The molecule has 1 aromatic heterocycles. The van der Waals surface area contributed by atoms with Gasteiger partial charge in [0.1, 0.15) is 11.6 Å². The molecule has 0 unspecified atom stereocenters. The van der Waals surface area contributed by atoms with Gasteiger partial charge in [0.05, 0.1) is 24.7 Å². The van der Waals surface area contributed by atoms with Crippen LogP contribution in [0.4, 0.5) is 5.82 Å². The van der Waals surface area contributed by atoms with Crippen LogP contribution in [0, 0.1) is 6.92 Å². The summed E-state index contributed by atoms with van der Waals surface area (Å²) >= 11 is 5.91. The van der Waals surface area contributed by atoms with Crippen LogP contribution in [0.5, 0.6) is 0 Å². The summed E-state index contributed by atoms with van der Waals surface area (Å²) in [5.41, 5.74) is 0.625. The molecule has 0 spiro atoms. The van der Waals surface area contributed by atoms with Gasteiger partial charge in [0, 0.05) is 24.3 Å². The first-order valence-corrected chi connectivity index (χ1v) is 9.72. The van der Waals surface area contributed by atoms with E-state index in [2.05, 4.69) is 19.6 Å². The van der Waals surface area contributed by atoms with Crippen molar-refractivity contribution in [1.82, 2.24) is 14.7 Å². The first-order chi connectivity index (χ1) is 12.0. The zero-order valence-electron chi connectivity index (χ0n) is 13.8. The van der Waals surface area contributed by atoms with Gasteiger partial charge in [-0.1, -0.05) is 17.7 Å². The Hall–Kier alpha value is -1.74. The molecule has 0 amide bonds. The highest BCUT2D eigenvalue weighted by Gasteiger charge is 2.18. The molecule has 0 atom stereocenters. The minimum Gasteiger partial charge on any atom is -0.378 e. The van der Waals surface area contributed by atoms with Crippen molar-refractivity contribution < 1.29 is 13.2 Å². The van der Waals surface area contributed by atoms with Crippen LogP contribution in [0.2, 0.25) is 5.02 Å². The van der Waals surface area contributed by atoms with Crippen LogP contribution in [0.3, 0.4) is 0 Å². The molecule has 0 saturated carbocycles. The van der Waals surface area contributed by atoms with E-state index in [9.17, 15) is 8.42 Å². The fraction of sp³-hybridized carbons (Fsp3) is 0.375. The molecule has 2 heterocycles. The predicted molar refractivity (Wildman–Crippen MR) is 95.3 cm³/mol. The summed E-state index contributed by atoms with van der Waals surface area (Å²) in [6.45, 7) is 4.54. The Morgan fingerprint density at radius 1 is 1.28 bits per heavy atom. The van der Waals surface area contributed by atoms with Gasteiger partial charge in [-0.3, -0.25) is 0 Å². The maximum atomic E-state index is 12.5. The summed E-state index contributed by atoms with van der Waals surface area (Å²) in [5.74, 6) is 1.18. The van der Waals surface area contributed by atoms with Gasteiger partial charge >= 0.3 is 0 Å². The molecule has 7 nitrogen and oxygen atoms in total. The third-order valence-electron chi connectivity index (χ3n) is 3.89. The smallest absolute Gasteiger partial charge is 0.241 e. The third kappa shape index (κ3) is 4.46. The standard InChI is InChI=1S/C16H19ClN4O3S/c1-12-2-3-13(17)10-14(12)25(22,23)19-11-15-18-5-4-16(20-15)21-6-8-24-9-7-21/h2-5,10,19H,6-9,11H2,1H3. The van der Waals surface area contributed by atoms with E-state index in [0.29, 0.717) is 29.6 Å². The predicted octanol–water partition coefficient (Wildman–Crippen LogP) is 1.75. The molecule has 0 bridgehead atoms. The van der Waals surface area contributed by atoms with Gasteiger partial charge in [-0.05, 0) is 30.7 Å². The number of benzene rings is 1. The Morgan fingerprint density at radius 2 is 2.04 bits per heavy atom. The minimum atomic E-state index is -3.70. The lowest BCUT2D eigenvalue weighted by Crippen LogP contribution is -2.37. The maximum Gasteiger partial charge on any atom is 0.241 e. The molecule has 1 aliphatic heterocycles. The van der Waals surface area contributed by atoms with E-state index < -0.39 is 10.0 Å². The Balaban J connectivity index is 1.73. The van der Waals surface area contributed by atoms with E-state index in [0.717, 1.165) is 18.9 Å². The van der Waals surface area contributed by atoms with Gasteiger partial charge in [0.2, 0.25) is 10.0 Å². The zero-order chi connectivity index (χ0) is 17.9. The van der Waals surface area contributed by atoms with E-state index in [4.69, 9.17) is 16.3 Å². The van der Waals surface area contributed by atoms with Crippen molar-refractivity contribution in [2.24, 2.45) is 0 Å². The summed E-state index contributed by atoms with van der Waals surface area (Å²) in [7, 11) is -3.70. The molecule has 25 heavy (non-hydrogen) atoms. The molecule has 1 N–H and O–H groups in total. The van der Waals surface area contributed by atoms with E-state index in [1.54, 1.807) is 25.3 Å². The zero-order valence-corrected chi connectivity index (χ0v) is 15.3. The molecule has 9 heteroatoms. The highest BCUT2D eigenvalue weighted by Crippen LogP contribution is 2.20. The maximum absolute atomic E-state index is 12.5. The lowest BCUT2D eigenvalue weighted by Gasteiger charge is -2.27. The number of aryl methyl sites for hydroxylation is 1. The normalized spacial score (nSPS) is 15.4. The van der Waals surface area contributed by atoms with Crippen molar-refractivity contribution >= 4 is 27.4 Å². The average molecular weight is 383 g/mol. The molecule has 1 saturated heterocycles. The SMILES string of the molecule is Cc1ccc(Cl)cc1S(=O)(=O)NCc1nccc(N2CCOCC2)n1. The van der Waals surface area contributed by atoms with Gasteiger partial charge in [0.25, 0.3) is 0 Å².